The van der Waals surface area contributed by atoms with Gasteiger partial charge in [0.25, 0.3) is 0 Å². The van der Waals surface area contributed by atoms with Crippen LogP contribution in [0.3, 0.4) is 0 Å². The van der Waals surface area contributed by atoms with Gasteiger partial charge in [-0.15, -0.1) is 0 Å². The minimum absolute atomic E-state index is 0.137. The van der Waals surface area contributed by atoms with Crippen molar-refractivity contribution in [3.63, 3.8) is 0 Å². The van der Waals surface area contributed by atoms with Crippen LogP contribution in [-0.4, -0.2) is 38.9 Å². The molecule has 0 aliphatic rings. The monoisotopic (exact) mass is 294 g/mol. The minimum Gasteiger partial charge on any atom is -0.494 e. The molecule has 0 saturated heterocycles. The third-order valence-electron chi connectivity index (χ3n) is 2.85. The summed E-state index contributed by atoms with van der Waals surface area (Å²) in [7, 11) is 0. The van der Waals surface area contributed by atoms with E-state index < -0.39 is 0 Å². The van der Waals surface area contributed by atoms with Gasteiger partial charge in [-0.05, 0) is 38.8 Å². The quantitative estimate of drug-likeness (QED) is 0.652. The molecule has 0 aliphatic heterocycles. The van der Waals surface area contributed by atoms with Gasteiger partial charge < -0.3 is 20.1 Å². The third kappa shape index (κ3) is 8.92. The van der Waals surface area contributed by atoms with Gasteiger partial charge in [0.15, 0.2) is 0 Å². The van der Waals surface area contributed by atoms with Crippen LogP contribution in [0.2, 0.25) is 0 Å². The van der Waals surface area contributed by atoms with E-state index in [0.717, 1.165) is 18.6 Å². The number of ether oxygens (including phenoxy) is 2. The van der Waals surface area contributed by atoms with Crippen LogP contribution in [-0.2, 0) is 4.74 Å². The maximum absolute atomic E-state index is 11.4. The van der Waals surface area contributed by atoms with Crippen molar-refractivity contribution in [2.45, 2.75) is 26.7 Å². The molecular formula is C16H26N2O3. The molecule has 0 saturated carbocycles. The normalized spacial score (nSPS) is 10.2. The summed E-state index contributed by atoms with van der Waals surface area (Å²) in [4.78, 5) is 11.4. The molecule has 1 aromatic carbocycles. The molecule has 5 nitrogen and oxygen atoms in total. The Morgan fingerprint density at radius 2 is 1.67 bits per heavy atom. The number of rotatable bonds is 10. The number of carbonyl (C=O) groups excluding carboxylic acids is 1. The first-order valence-corrected chi connectivity index (χ1v) is 7.51. The first-order valence-electron chi connectivity index (χ1n) is 7.51. The van der Waals surface area contributed by atoms with Gasteiger partial charge >= 0.3 is 6.03 Å². The number of amides is 2. The lowest BCUT2D eigenvalue weighted by molar-refractivity contribution is 0.145. The standard InChI is InChI=1S/C16H26N2O3/c1-3-20-12-4-10-17-16(19)18-11-5-13-21-15-8-6-14(2)7-9-15/h6-9H,3-5,10-13H2,1-2H3,(H2,17,18,19). The van der Waals surface area contributed by atoms with E-state index in [-0.39, 0.29) is 6.03 Å². The maximum atomic E-state index is 11.4. The van der Waals surface area contributed by atoms with E-state index in [9.17, 15) is 4.79 Å². The molecule has 1 rings (SSSR count). The van der Waals surface area contributed by atoms with Crippen molar-refractivity contribution in [1.29, 1.82) is 0 Å². The number of nitrogens with one attached hydrogen (secondary N) is 2. The highest BCUT2D eigenvalue weighted by molar-refractivity contribution is 5.73. The minimum atomic E-state index is -0.137. The number of hydrogen-bond acceptors (Lipinski definition) is 3. The van der Waals surface area contributed by atoms with Crippen LogP contribution in [0.5, 0.6) is 5.75 Å². The van der Waals surface area contributed by atoms with Gasteiger partial charge in [0.05, 0.1) is 6.61 Å². The summed E-state index contributed by atoms with van der Waals surface area (Å²) in [5.74, 6) is 0.862. The van der Waals surface area contributed by atoms with Crippen LogP contribution in [0.4, 0.5) is 4.79 Å². The highest BCUT2D eigenvalue weighted by atomic mass is 16.5. The van der Waals surface area contributed by atoms with E-state index in [0.29, 0.717) is 32.9 Å². The van der Waals surface area contributed by atoms with Gasteiger partial charge in [0.2, 0.25) is 0 Å². The van der Waals surface area contributed by atoms with Crippen molar-refractivity contribution < 1.29 is 14.3 Å². The van der Waals surface area contributed by atoms with Crippen LogP contribution in [0.15, 0.2) is 24.3 Å². The average Bonchev–Trinajstić information content (AvgIpc) is 2.48. The lowest BCUT2D eigenvalue weighted by atomic mass is 10.2. The fourth-order valence-corrected chi connectivity index (χ4v) is 1.68. The lowest BCUT2D eigenvalue weighted by Crippen LogP contribution is -2.37. The summed E-state index contributed by atoms with van der Waals surface area (Å²) in [6.07, 6.45) is 1.61. The van der Waals surface area contributed by atoms with Gasteiger partial charge in [-0.1, -0.05) is 17.7 Å². The average molecular weight is 294 g/mol. The molecule has 1 aromatic rings. The van der Waals surface area contributed by atoms with Gasteiger partial charge in [-0.25, -0.2) is 4.79 Å². The van der Waals surface area contributed by atoms with Crippen LogP contribution in [0.25, 0.3) is 0 Å². The van der Waals surface area contributed by atoms with E-state index in [2.05, 4.69) is 10.6 Å². The first kappa shape index (κ1) is 17.3. The van der Waals surface area contributed by atoms with Crippen molar-refractivity contribution in [3.8, 4) is 5.75 Å². The Morgan fingerprint density at radius 1 is 1.05 bits per heavy atom. The second kappa shape index (κ2) is 11.0. The van der Waals surface area contributed by atoms with Crippen molar-refractivity contribution in [3.05, 3.63) is 29.8 Å². The summed E-state index contributed by atoms with van der Waals surface area (Å²) < 4.78 is 10.8. The number of hydrogen-bond donors (Lipinski definition) is 2. The van der Waals surface area contributed by atoms with Crippen LogP contribution in [0.1, 0.15) is 25.3 Å². The molecule has 0 aliphatic carbocycles. The smallest absolute Gasteiger partial charge is 0.314 e. The molecule has 0 fully saturated rings. The predicted octanol–water partition coefficient (Wildman–Crippen LogP) is 2.49. The molecule has 118 valence electrons. The highest BCUT2D eigenvalue weighted by Gasteiger charge is 1.99. The van der Waals surface area contributed by atoms with Gasteiger partial charge in [0, 0.05) is 26.3 Å². The Hall–Kier alpha value is -1.75. The van der Waals surface area contributed by atoms with Crippen LogP contribution in [0, 0.1) is 6.92 Å². The highest BCUT2D eigenvalue weighted by Crippen LogP contribution is 2.11. The fourth-order valence-electron chi connectivity index (χ4n) is 1.68. The maximum Gasteiger partial charge on any atom is 0.314 e. The van der Waals surface area contributed by atoms with E-state index in [1.54, 1.807) is 0 Å². The molecule has 0 bridgehead atoms. The molecule has 5 heteroatoms. The van der Waals surface area contributed by atoms with E-state index >= 15 is 0 Å². The van der Waals surface area contributed by atoms with Crippen molar-refractivity contribution in [1.82, 2.24) is 10.6 Å². The van der Waals surface area contributed by atoms with E-state index in [4.69, 9.17) is 9.47 Å². The first-order chi connectivity index (χ1) is 10.2. The predicted molar refractivity (Wildman–Crippen MR) is 83.8 cm³/mol. The number of urea groups is 1. The van der Waals surface area contributed by atoms with Crippen LogP contribution >= 0.6 is 0 Å². The van der Waals surface area contributed by atoms with Crippen LogP contribution < -0.4 is 15.4 Å². The second-order valence-corrected chi connectivity index (χ2v) is 4.75. The van der Waals surface area contributed by atoms with Crippen molar-refractivity contribution in [2.75, 3.05) is 32.9 Å². The Labute approximate surface area is 127 Å². The Morgan fingerprint density at radius 3 is 2.29 bits per heavy atom. The van der Waals surface area contributed by atoms with E-state index in [1.807, 2.05) is 38.1 Å². The van der Waals surface area contributed by atoms with Crippen molar-refractivity contribution >= 4 is 6.03 Å². The summed E-state index contributed by atoms with van der Waals surface area (Å²) in [5.41, 5.74) is 1.21. The van der Waals surface area contributed by atoms with Crippen molar-refractivity contribution in [2.24, 2.45) is 0 Å². The summed E-state index contributed by atoms with van der Waals surface area (Å²) in [5, 5.41) is 5.58. The molecule has 2 amide bonds. The molecule has 0 unspecified atom stereocenters. The third-order valence-corrected chi connectivity index (χ3v) is 2.85. The summed E-state index contributed by atoms with van der Waals surface area (Å²) in [6.45, 7) is 7.22. The van der Waals surface area contributed by atoms with E-state index in [1.165, 1.54) is 5.56 Å². The summed E-state index contributed by atoms with van der Waals surface area (Å²) in [6, 6.07) is 7.80. The largest absolute Gasteiger partial charge is 0.494 e. The zero-order valence-corrected chi connectivity index (χ0v) is 13.0. The fraction of sp³-hybridized carbons (Fsp3) is 0.562. The van der Waals surface area contributed by atoms with Gasteiger partial charge in [-0.2, -0.15) is 0 Å². The molecule has 0 aromatic heterocycles. The zero-order valence-electron chi connectivity index (χ0n) is 13.0. The molecule has 21 heavy (non-hydrogen) atoms. The lowest BCUT2D eigenvalue weighted by Gasteiger charge is -2.09. The Kier molecular flexibility index (Phi) is 9.04. The van der Waals surface area contributed by atoms with Gasteiger partial charge in [-0.3, -0.25) is 0 Å². The Balaban J connectivity index is 1.96. The molecule has 0 atom stereocenters. The number of aryl methyl sites for hydroxylation is 1. The molecule has 0 spiro atoms. The number of carbonyl (C=O) groups is 1. The molecule has 0 heterocycles. The van der Waals surface area contributed by atoms with Gasteiger partial charge in [0.1, 0.15) is 5.75 Å². The number of benzene rings is 1. The summed E-state index contributed by atoms with van der Waals surface area (Å²) >= 11 is 0. The second-order valence-electron chi connectivity index (χ2n) is 4.75. The SMILES string of the molecule is CCOCCCNC(=O)NCCCOc1ccc(C)cc1. The zero-order chi connectivity index (χ0) is 15.3. The molecule has 0 radical (unpaired) electrons. The molecular weight excluding hydrogens is 268 g/mol. The molecule has 2 N–H and O–H groups in total. The Bertz CT molecular complexity index is 393. The topological polar surface area (TPSA) is 59.6 Å².